The molecular weight excluding hydrogens is 372 g/mol. The molecule has 2 aromatic carbocycles. The molecule has 0 amide bonds. The van der Waals surface area contributed by atoms with Crippen molar-refractivity contribution in [2.45, 2.75) is 19.8 Å². The van der Waals surface area contributed by atoms with Gasteiger partial charge in [-0.05, 0) is 55.2 Å². The van der Waals surface area contributed by atoms with Crippen molar-refractivity contribution in [3.63, 3.8) is 0 Å². The molecule has 0 aliphatic heterocycles. The van der Waals surface area contributed by atoms with Crippen LogP contribution in [0.15, 0.2) is 88.0 Å². The average Bonchev–Trinajstić information content (AvgIpc) is 2.73. The number of anilines is 1. The zero-order valence-electron chi connectivity index (χ0n) is 15.8. The molecule has 0 spiro atoms. The Bertz CT molecular complexity index is 889. The average molecular weight is 395 g/mol. The molecule has 0 bridgehead atoms. The van der Waals surface area contributed by atoms with Crippen LogP contribution in [0.4, 0.5) is 11.4 Å². The van der Waals surface area contributed by atoms with Crippen molar-refractivity contribution in [1.82, 2.24) is 0 Å². The van der Waals surface area contributed by atoms with Gasteiger partial charge in [0.2, 0.25) is 0 Å². The number of para-hydroxylation sites is 2. The van der Waals surface area contributed by atoms with Crippen molar-refractivity contribution in [1.29, 1.82) is 0 Å². The summed E-state index contributed by atoms with van der Waals surface area (Å²) in [5, 5.41) is 3.88. The summed E-state index contributed by atoms with van der Waals surface area (Å²) in [6, 6.07) is 19.5. The van der Waals surface area contributed by atoms with E-state index in [1.54, 1.807) is 6.21 Å². The first-order valence-corrected chi connectivity index (χ1v) is 9.70. The van der Waals surface area contributed by atoms with Gasteiger partial charge < -0.3 is 10.1 Å². The number of nitrogens with one attached hydrogen (secondary N) is 1. The molecule has 5 heteroatoms. The minimum Gasteiger partial charge on any atom is -0.466 e. The zero-order chi connectivity index (χ0) is 19.8. The van der Waals surface area contributed by atoms with Gasteiger partial charge in [-0.3, -0.25) is 9.79 Å². The van der Waals surface area contributed by atoms with Gasteiger partial charge in [0.15, 0.2) is 0 Å². The second-order valence-corrected chi connectivity index (χ2v) is 6.85. The van der Waals surface area contributed by atoms with E-state index in [-0.39, 0.29) is 11.9 Å². The summed E-state index contributed by atoms with van der Waals surface area (Å²) in [6.07, 6.45) is 4.65. The second-order valence-electron chi connectivity index (χ2n) is 6.47. The first-order valence-electron chi connectivity index (χ1n) is 9.32. The van der Waals surface area contributed by atoms with Gasteiger partial charge in [-0.2, -0.15) is 0 Å². The van der Waals surface area contributed by atoms with E-state index in [1.807, 2.05) is 73.8 Å². The van der Waals surface area contributed by atoms with Crippen LogP contribution in [0.1, 0.15) is 19.8 Å². The van der Waals surface area contributed by atoms with Gasteiger partial charge in [0, 0.05) is 23.1 Å². The van der Waals surface area contributed by atoms with E-state index < -0.39 is 0 Å². The van der Waals surface area contributed by atoms with Crippen LogP contribution in [0, 0.1) is 5.92 Å². The molecule has 2 aromatic rings. The molecule has 3 rings (SSSR count). The van der Waals surface area contributed by atoms with Crippen LogP contribution in [0.5, 0.6) is 0 Å². The fraction of sp³-hybridized carbons (Fsp3) is 0.217. The molecule has 1 N–H and O–H groups in total. The molecule has 1 aliphatic carbocycles. The lowest BCUT2D eigenvalue weighted by Crippen LogP contribution is -2.23. The summed E-state index contributed by atoms with van der Waals surface area (Å²) in [5.41, 5.74) is 3.49. The summed E-state index contributed by atoms with van der Waals surface area (Å²) >= 11 is 6.66. The van der Waals surface area contributed by atoms with E-state index in [1.165, 1.54) is 0 Å². The quantitative estimate of drug-likeness (QED) is 0.493. The number of hydrogen-bond acceptors (Lipinski definition) is 4. The second kappa shape index (κ2) is 9.90. The van der Waals surface area contributed by atoms with Crippen molar-refractivity contribution in [3.05, 3.63) is 83.0 Å². The highest BCUT2D eigenvalue weighted by Gasteiger charge is 2.29. The fourth-order valence-corrected chi connectivity index (χ4v) is 3.28. The first kappa shape index (κ1) is 19.9. The Morgan fingerprint density at radius 3 is 2.50 bits per heavy atom. The minimum atomic E-state index is -0.275. The number of rotatable bonds is 6. The van der Waals surface area contributed by atoms with Crippen LogP contribution in [0.3, 0.4) is 0 Å². The van der Waals surface area contributed by atoms with E-state index in [4.69, 9.17) is 16.3 Å². The minimum absolute atomic E-state index is 0.206. The lowest BCUT2D eigenvalue weighted by atomic mass is 9.86. The lowest BCUT2D eigenvalue weighted by Gasteiger charge is -2.24. The van der Waals surface area contributed by atoms with E-state index in [0.717, 1.165) is 22.5 Å². The fourth-order valence-electron chi connectivity index (χ4n) is 3.02. The summed E-state index contributed by atoms with van der Waals surface area (Å²) in [6.45, 7) is 2.18. The first-order chi connectivity index (χ1) is 13.7. The van der Waals surface area contributed by atoms with Crippen LogP contribution < -0.4 is 5.32 Å². The Balaban J connectivity index is 1.87. The van der Waals surface area contributed by atoms with Crippen molar-refractivity contribution < 1.29 is 9.53 Å². The number of halogens is 1. The highest BCUT2D eigenvalue weighted by Crippen LogP contribution is 2.36. The molecular formula is C23H23ClN2O2. The van der Waals surface area contributed by atoms with Crippen LogP contribution in [-0.4, -0.2) is 18.8 Å². The topological polar surface area (TPSA) is 50.7 Å². The third kappa shape index (κ3) is 5.33. The molecule has 0 fully saturated rings. The predicted molar refractivity (Wildman–Crippen MR) is 115 cm³/mol. The van der Waals surface area contributed by atoms with Gasteiger partial charge in [-0.1, -0.05) is 48.0 Å². The lowest BCUT2D eigenvalue weighted by molar-refractivity contribution is -0.147. The molecule has 0 saturated heterocycles. The van der Waals surface area contributed by atoms with Crippen LogP contribution in [-0.2, 0) is 9.53 Å². The summed E-state index contributed by atoms with van der Waals surface area (Å²) < 4.78 is 5.24. The van der Waals surface area contributed by atoms with Crippen molar-refractivity contribution >= 4 is 35.2 Å². The molecule has 0 saturated carbocycles. The number of carbonyl (C=O) groups excluding carboxylic acids is 1. The van der Waals surface area contributed by atoms with Gasteiger partial charge >= 0.3 is 5.97 Å². The van der Waals surface area contributed by atoms with Crippen molar-refractivity contribution in [2.75, 3.05) is 11.9 Å². The predicted octanol–water partition coefficient (Wildman–Crippen LogP) is 5.85. The SMILES string of the molecule is CCOC(=O)C1CC(=CNc2ccccc2)C(Cl)=C(C=Nc2ccccc2)C1. The highest BCUT2D eigenvalue weighted by molar-refractivity contribution is 6.34. The maximum Gasteiger partial charge on any atom is 0.309 e. The van der Waals surface area contributed by atoms with Gasteiger partial charge in [0.05, 0.1) is 18.2 Å². The van der Waals surface area contributed by atoms with E-state index in [2.05, 4.69) is 10.3 Å². The molecule has 1 atom stereocenters. The Labute approximate surface area is 170 Å². The number of nitrogens with zero attached hydrogens (tertiary/aromatic N) is 1. The molecule has 0 heterocycles. The van der Waals surface area contributed by atoms with Gasteiger partial charge in [-0.25, -0.2) is 0 Å². The molecule has 144 valence electrons. The number of hydrogen-bond donors (Lipinski definition) is 1. The zero-order valence-corrected chi connectivity index (χ0v) is 16.5. The number of benzene rings is 2. The van der Waals surface area contributed by atoms with Gasteiger partial charge in [0.1, 0.15) is 0 Å². The molecule has 1 aliphatic rings. The van der Waals surface area contributed by atoms with Gasteiger partial charge in [-0.15, -0.1) is 0 Å². The molecule has 0 radical (unpaired) electrons. The van der Waals surface area contributed by atoms with E-state index >= 15 is 0 Å². The highest BCUT2D eigenvalue weighted by atomic mass is 35.5. The Morgan fingerprint density at radius 2 is 1.82 bits per heavy atom. The van der Waals surface area contributed by atoms with Crippen LogP contribution in [0.25, 0.3) is 0 Å². The molecule has 1 unspecified atom stereocenters. The van der Waals surface area contributed by atoms with Crippen LogP contribution >= 0.6 is 11.6 Å². The van der Waals surface area contributed by atoms with Crippen molar-refractivity contribution in [3.8, 4) is 0 Å². The summed E-state index contributed by atoms with van der Waals surface area (Å²) in [4.78, 5) is 16.9. The van der Waals surface area contributed by atoms with Gasteiger partial charge in [0.25, 0.3) is 0 Å². The Kier molecular flexibility index (Phi) is 7.04. The normalized spacial score (nSPS) is 18.5. The van der Waals surface area contributed by atoms with E-state index in [0.29, 0.717) is 24.5 Å². The molecule has 0 aromatic heterocycles. The largest absolute Gasteiger partial charge is 0.466 e. The summed E-state index contributed by atoms with van der Waals surface area (Å²) in [5.74, 6) is -0.480. The third-order valence-corrected chi connectivity index (χ3v) is 4.91. The Hall–Kier alpha value is -2.85. The number of allylic oxidation sites excluding steroid dienone is 3. The van der Waals surface area contributed by atoms with Crippen LogP contribution in [0.2, 0.25) is 0 Å². The summed E-state index contributed by atoms with van der Waals surface area (Å²) in [7, 11) is 0. The smallest absolute Gasteiger partial charge is 0.309 e. The number of ether oxygens (including phenoxy) is 1. The Morgan fingerprint density at radius 1 is 1.14 bits per heavy atom. The maximum absolute atomic E-state index is 12.4. The van der Waals surface area contributed by atoms with E-state index in [9.17, 15) is 4.79 Å². The molecule has 28 heavy (non-hydrogen) atoms. The van der Waals surface area contributed by atoms with Crippen molar-refractivity contribution in [2.24, 2.45) is 10.9 Å². The monoisotopic (exact) mass is 394 g/mol. The number of esters is 1. The molecule has 4 nitrogen and oxygen atoms in total. The standard InChI is InChI=1S/C23H23ClN2O2/c1-2-28-23(27)17-13-18(15-25-20-9-5-3-6-10-20)22(24)19(14-17)16-26-21-11-7-4-8-12-21/h3-12,15-17,25H,2,13-14H2,1H3. The number of carbonyl (C=O) groups is 1. The third-order valence-electron chi connectivity index (χ3n) is 4.43. The maximum atomic E-state index is 12.4. The number of aliphatic imine (C=N–C) groups is 1.